The molecule has 0 radical (unpaired) electrons. The molecule has 2 nitrogen and oxygen atoms in total. The van der Waals surface area contributed by atoms with Crippen LogP contribution in [0, 0.1) is 0 Å². The van der Waals surface area contributed by atoms with E-state index < -0.39 is 0 Å². The molecule has 0 saturated heterocycles. The Morgan fingerprint density at radius 2 is 1.20 bits per heavy atom. The number of methoxy groups -OCH3 is 2. The van der Waals surface area contributed by atoms with E-state index in [1.165, 1.54) is 23.5 Å². The zero-order valence-electron chi connectivity index (χ0n) is 6.63. The van der Waals surface area contributed by atoms with Crippen LogP contribution in [0.3, 0.4) is 0 Å². The van der Waals surface area contributed by atoms with Gasteiger partial charge in [0.05, 0.1) is 14.2 Å². The van der Waals surface area contributed by atoms with Crippen LogP contribution in [-0.2, 0) is 9.47 Å². The molecule has 0 spiro atoms. The average molecular weight is 180 g/mol. The first-order valence-electron chi connectivity index (χ1n) is 2.70. The Morgan fingerprint density at radius 1 is 0.900 bits per heavy atom. The van der Waals surface area contributed by atoms with E-state index in [0.29, 0.717) is 0 Å². The maximum Gasteiger partial charge on any atom is 0.202 e. The first-order valence-corrected chi connectivity index (χ1v) is 5.15. The molecule has 60 valence electrons. The van der Waals surface area contributed by atoms with Crippen molar-refractivity contribution in [3.05, 3.63) is 10.2 Å². The van der Waals surface area contributed by atoms with Gasteiger partial charge in [0.1, 0.15) is 0 Å². The molecule has 0 saturated carbocycles. The molecule has 0 bridgehead atoms. The Kier molecular flexibility index (Phi) is 5.82. The summed E-state index contributed by atoms with van der Waals surface area (Å²) in [5, 5.41) is 1.66. The highest BCUT2D eigenvalue weighted by molar-refractivity contribution is 8.05. The lowest BCUT2D eigenvalue weighted by molar-refractivity contribution is 0.266. The molecule has 0 amide bonds. The van der Waals surface area contributed by atoms with E-state index >= 15 is 0 Å². The van der Waals surface area contributed by atoms with Gasteiger partial charge in [0, 0.05) is 0 Å². The number of hydrogen-bond acceptors (Lipinski definition) is 4. The molecule has 0 N–H and O–H groups in total. The third kappa shape index (κ3) is 2.75. The van der Waals surface area contributed by atoms with Gasteiger partial charge in [-0.3, -0.25) is 0 Å². The van der Waals surface area contributed by atoms with Crippen molar-refractivity contribution in [2.75, 3.05) is 26.7 Å². The minimum absolute atomic E-state index is 0.829. The van der Waals surface area contributed by atoms with Gasteiger partial charge in [-0.1, -0.05) is 23.5 Å². The zero-order valence-corrected chi connectivity index (χ0v) is 8.27. The molecule has 0 unspecified atom stereocenters. The largest absolute Gasteiger partial charge is 0.487 e. The fraction of sp³-hybridized carbons (Fsp3) is 0.667. The Balaban J connectivity index is 4.20. The van der Waals surface area contributed by atoms with E-state index in [0.717, 1.165) is 10.2 Å². The van der Waals surface area contributed by atoms with E-state index in [1.807, 2.05) is 12.5 Å². The second-order valence-electron chi connectivity index (χ2n) is 1.39. The van der Waals surface area contributed by atoms with Crippen LogP contribution in [0.4, 0.5) is 0 Å². The summed E-state index contributed by atoms with van der Waals surface area (Å²) in [6.07, 6.45) is 3.90. The lowest BCUT2D eigenvalue weighted by Gasteiger charge is -2.07. The van der Waals surface area contributed by atoms with Crippen molar-refractivity contribution >= 4 is 23.5 Å². The van der Waals surface area contributed by atoms with E-state index in [9.17, 15) is 0 Å². The fourth-order valence-corrected chi connectivity index (χ4v) is 1.83. The van der Waals surface area contributed by atoms with E-state index in [4.69, 9.17) is 9.47 Å². The van der Waals surface area contributed by atoms with Crippen LogP contribution >= 0.6 is 23.5 Å². The summed E-state index contributed by atoms with van der Waals surface area (Å²) in [7, 11) is 3.28. The summed E-state index contributed by atoms with van der Waals surface area (Å²) in [5.74, 6) is 0. The molecule has 0 aliphatic heterocycles. The lowest BCUT2D eigenvalue weighted by Crippen LogP contribution is -1.88. The van der Waals surface area contributed by atoms with Crippen molar-refractivity contribution in [2.24, 2.45) is 0 Å². The van der Waals surface area contributed by atoms with Crippen molar-refractivity contribution < 1.29 is 9.47 Å². The Morgan fingerprint density at radius 3 is 1.30 bits per heavy atom. The molecule has 4 heteroatoms. The number of hydrogen-bond donors (Lipinski definition) is 0. The number of ether oxygens (including phenoxy) is 2. The van der Waals surface area contributed by atoms with Crippen molar-refractivity contribution in [1.29, 1.82) is 0 Å². The SMILES string of the molecule is CO/C(SC)=C(/OC)SC. The lowest BCUT2D eigenvalue weighted by atomic mass is 11.0. The molecule has 0 aliphatic rings. The van der Waals surface area contributed by atoms with Gasteiger partial charge in [-0.25, -0.2) is 0 Å². The second kappa shape index (κ2) is 5.80. The topological polar surface area (TPSA) is 18.5 Å². The van der Waals surface area contributed by atoms with Crippen LogP contribution in [-0.4, -0.2) is 26.7 Å². The van der Waals surface area contributed by atoms with Crippen molar-refractivity contribution in [3.63, 3.8) is 0 Å². The molecule has 0 aromatic rings. The van der Waals surface area contributed by atoms with Gasteiger partial charge < -0.3 is 9.47 Å². The van der Waals surface area contributed by atoms with Crippen LogP contribution < -0.4 is 0 Å². The Hall–Kier alpha value is 0.0400. The quantitative estimate of drug-likeness (QED) is 0.617. The predicted molar refractivity (Wildman–Crippen MR) is 48.1 cm³/mol. The van der Waals surface area contributed by atoms with Crippen molar-refractivity contribution in [3.8, 4) is 0 Å². The zero-order chi connectivity index (χ0) is 7.98. The maximum absolute atomic E-state index is 5.04. The standard InChI is InChI=1S/C6H12O2S2/c1-7-5(9-3)6(8-2)10-4/h1-4H3/b6-5+. The summed E-state index contributed by atoms with van der Waals surface area (Å²) in [5.41, 5.74) is 0. The van der Waals surface area contributed by atoms with Crippen LogP contribution in [0.15, 0.2) is 10.2 Å². The van der Waals surface area contributed by atoms with Gasteiger partial charge in [-0.2, -0.15) is 0 Å². The monoisotopic (exact) mass is 180 g/mol. The summed E-state index contributed by atoms with van der Waals surface area (Å²) in [6, 6.07) is 0. The third-order valence-corrected chi connectivity index (χ3v) is 2.48. The molecule has 0 fully saturated rings. The minimum atomic E-state index is 0.829. The van der Waals surface area contributed by atoms with Gasteiger partial charge >= 0.3 is 0 Å². The van der Waals surface area contributed by atoms with E-state index in [2.05, 4.69) is 0 Å². The first-order chi connectivity index (χ1) is 4.79. The second-order valence-corrected chi connectivity index (χ2v) is 2.95. The highest BCUT2D eigenvalue weighted by atomic mass is 32.2. The highest BCUT2D eigenvalue weighted by Crippen LogP contribution is 2.24. The minimum Gasteiger partial charge on any atom is -0.487 e. The first kappa shape index (κ1) is 10.0. The Bertz CT molecular complexity index is 96.9. The highest BCUT2D eigenvalue weighted by Gasteiger charge is 2.03. The molecule has 0 heterocycles. The molecule has 0 aliphatic carbocycles. The molecular weight excluding hydrogens is 168 g/mol. The summed E-state index contributed by atoms with van der Waals surface area (Å²) in [6.45, 7) is 0. The predicted octanol–water partition coefficient (Wildman–Crippen LogP) is 2.13. The number of rotatable bonds is 4. The summed E-state index contributed by atoms with van der Waals surface area (Å²) < 4.78 is 10.1. The molecule has 0 rings (SSSR count). The fourth-order valence-electron chi connectivity index (χ4n) is 0.500. The maximum atomic E-state index is 5.04. The average Bonchev–Trinajstić information content (AvgIpc) is 2.00. The van der Waals surface area contributed by atoms with Crippen LogP contribution in [0.5, 0.6) is 0 Å². The van der Waals surface area contributed by atoms with E-state index in [1.54, 1.807) is 14.2 Å². The van der Waals surface area contributed by atoms with Gasteiger partial charge in [0.15, 0.2) is 0 Å². The van der Waals surface area contributed by atoms with E-state index in [-0.39, 0.29) is 0 Å². The smallest absolute Gasteiger partial charge is 0.202 e. The normalized spacial score (nSPS) is 12.4. The van der Waals surface area contributed by atoms with Gasteiger partial charge in [0.2, 0.25) is 10.2 Å². The Labute approximate surface area is 70.3 Å². The third-order valence-electron chi connectivity index (χ3n) is 0.908. The molecule has 0 aromatic heterocycles. The van der Waals surface area contributed by atoms with Gasteiger partial charge in [-0.15, -0.1) is 0 Å². The molecule has 0 aromatic carbocycles. The van der Waals surface area contributed by atoms with Crippen molar-refractivity contribution in [1.82, 2.24) is 0 Å². The summed E-state index contributed by atoms with van der Waals surface area (Å²) >= 11 is 3.08. The molecule has 10 heavy (non-hydrogen) atoms. The molecular formula is C6H12O2S2. The van der Waals surface area contributed by atoms with Crippen molar-refractivity contribution in [2.45, 2.75) is 0 Å². The van der Waals surface area contributed by atoms with Crippen LogP contribution in [0.25, 0.3) is 0 Å². The molecule has 0 atom stereocenters. The van der Waals surface area contributed by atoms with Crippen LogP contribution in [0.1, 0.15) is 0 Å². The number of thioether (sulfide) groups is 2. The van der Waals surface area contributed by atoms with Crippen LogP contribution in [0.2, 0.25) is 0 Å². The summed E-state index contributed by atoms with van der Waals surface area (Å²) in [4.78, 5) is 0. The van der Waals surface area contributed by atoms with Gasteiger partial charge in [-0.05, 0) is 12.5 Å². The van der Waals surface area contributed by atoms with Gasteiger partial charge in [0.25, 0.3) is 0 Å².